The van der Waals surface area contributed by atoms with Crippen LogP contribution < -0.4 is 53.1 Å². The van der Waals surface area contributed by atoms with Crippen LogP contribution in [-0.4, -0.2) is 77.1 Å². The van der Waals surface area contributed by atoms with Crippen molar-refractivity contribution in [2.75, 3.05) is 77.1 Å². The number of unbranched alkanes of at least 4 members (excludes halogenated alkanes) is 1. The van der Waals surface area contributed by atoms with Crippen LogP contribution >= 0.6 is 0 Å². The maximum absolute atomic E-state index is 6.52. The second-order valence-electron chi connectivity index (χ2n) is 14.4. The van der Waals surface area contributed by atoms with E-state index in [9.17, 15) is 0 Å². The molecule has 0 unspecified atom stereocenters. The fourth-order valence-corrected chi connectivity index (χ4v) is 7.90. The summed E-state index contributed by atoms with van der Waals surface area (Å²) >= 11 is 0. The number of methoxy groups -OCH3 is 9. The minimum absolute atomic E-state index is 0.493. The lowest BCUT2D eigenvalue weighted by Crippen LogP contribution is -2.07. The van der Waals surface area contributed by atoms with Crippen molar-refractivity contribution >= 4 is 0 Å². The molecule has 0 saturated carbocycles. The summed E-state index contributed by atoms with van der Waals surface area (Å²) in [5.41, 5.74) is 15.1. The highest BCUT2D eigenvalue weighted by Gasteiger charge is 2.23. The van der Waals surface area contributed by atoms with Crippen molar-refractivity contribution < 1.29 is 47.4 Å². The van der Waals surface area contributed by atoms with Gasteiger partial charge < -0.3 is 53.1 Å². The maximum Gasteiger partial charge on any atom is 0.123 e. The lowest BCUT2D eigenvalue weighted by atomic mass is 9.94. The van der Waals surface area contributed by atoms with Crippen LogP contribution in [0, 0.1) is 0 Å². The first-order valence-corrected chi connectivity index (χ1v) is 19.7. The lowest BCUT2D eigenvalue weighted by Gasteiger charge is -2.20. The molecule has 2 N–H and O–H groups in total. The van der Waals surface area contributed by atoms with Crippen molar-refractivity contribution in [1.82, 2.24) is 0 Å². The molecule has 10 aliphatic rings. The predicted molar refractivity (Wildman–Crippen MR) is 229 cm³/mol. The molecule has 0 amide bonds. The fourth-order valence-electron chi connectivity index (χ4n) is 7.90. The highest BCUT2D eigenvalue weighted by atomic mass is 16.5. The van der Waals surface area contributed by atoms with E-state index < -0.39 is 0 Å². The van der Waals surface area contributed by atoms with Gasteiger partial charge in [0, 0.05) is 87.7 Å². The molecular weight excluding hydrogens is 751 g/mol. The Morgan fingerprint density at radius 3 is 0.678 bits per heavy atom. The van der Waals surface area contributed by atoms with Crippen LogP contribution in [0.25, 0.3) is 0 Å². The van der Waals surface area contributed by atoms with Gasteiger partial charge in [0.05, 0.1) is 70.6 Å². The maximum atomic E-state index is 6.52. The smallest absolute Gasteiger partial charge is 0.123 e. The zero-order chi connectivity index (χ0) is 42.1. The van der Waals surface area contributed by atoms with Gasteiger partial charge in [-0.25, -0.2) is 0 Å². The molecule has 10 aliphatic carbocycles. The fraction of sp³-hybridized carbons (Fsp3) is 0.375. The number of hydrogen-bond acceptors (Lipinski definition) is 11. The summed E-state index contributed by atoms with van der Waals surface area (Å²) in [6, 6.07) is 20.4. The van der Waals surface area contributed by atoms with E-state index in [2.05, 4.69) is 12.1 Å². The van der Waals surface area contributed by atoms with Gasteiger partial charge in [0.15, 0.2) is 0 Å². The van der Waals surface area contributed by atoms with E-state index in [-0.39, 0.29) is 0 Å². The number of rotatable bonds is 14. The van der Waals surface area contributed by atoms with Crippen LogP contribution in [0.1, 0.15) is 68.5 Å². The molecule has 0 spiro atoms. The first-order valence-electron chi connectivity index (χ1n) is 19.7. The van der Waals surface area contributed by atoms with Crippen molar-refractivity contribution in [2.24, 2.45) is 5.73 Å². The summed E-state index contributed by atoms with van der Waals surface area (Å²) in [6.45, 7) is 1.11. The van der Waals surface area contributed by atoms with Crippen molar-refractivity contribution in [3.05, 3.63) is 116 Å². The topological polar surface area (TPSA) is 118 Å². The number of hydrogen-bond donors (Lipinski definition) is 1. The molecule has 5 aromatic rings. The van der Waals surface area contributed by atoms with Crippen molar-refractivity contribution in [2.45, 2.75) is 44.9 Å². The summed E-state index contributed by atoms with van der Waals surface area (Å²) in [4.78, 5) is 0. The Morgan fingerprint density at radius 2 is 0.492 bits per heavy atom. The van der Waals surface area contributed by atoms with E-state index in [1.807, 2.05) is 48.5 Å². The zero-order valence-electron chi connectivity index (χ0n) is 35.8. The average Bonchev–Trinajstić information content (AvgIpc) is 3.26. The summed E-state index contributed by atoms with van der Waals surface area (Å²) < 4.78 is 60.8. The molecule has 0 heterocycles. The predicted octanol–water partition coefficient (Wildman–Crippen LogP) is 8.15. The average molecular weight is 808 g/mol. The third-order valence-corrected chi connectivity index (χ3v) is 11.0. The molecule has 0 atom stereocenters. The van der Waals surface area contributed by atoms with Crippen LogP contribution in [-0.2, 0) is 32.1 Å². The van der Waals surface area contributed by atoms with E-state index in [4.69, 9.17) is 53.1 Å². The monoisotopic (exact) mass is 807 g/mol. The number of ether oxygens (including phenoxy) is 10. The molecule has 11 nitrogen and oxygen atoms in total. The highest BCUT2D eigenvalue weighted by molar-refractivity contribution is 5.59. The van der Waals surface area contributed by atoms with E-state index >= 15 is 0 Å². The quantitative estimate of drug-likeness (QED) is 0.108. The molecule has 0 aromatic heterocycles. The summed E-state index contributed by atoms with van der Waals surface area (Å²) in [5.74, 6) is 7.18. The Balaban J connectivity index is 1.60. The van der Waals surface area contributed by atoms with E-state index in [1.165, 1.54) is 0 Å². The molecule has 0 fully saturated rings. The van der Waals surface area contributed by atoms with Crippen molar-refractivity contribution in [1.29, 1.82) is 0 Å². The number of nitrogens with two attached hydrogens (primary N) is 1. The molecule has 0 aliphatic heterocycles. The van der Waals surface area contributed by atoms with Gasteiger partial charge in [0.1, 0.15) is 57.5 Å². The second-order valence-corrected chi connectivity index (χ2v) is 14.4. The zero-order valence-corrected chi connectivity index (χ0v) is 35.8. The molecule has 314 valence electrons. The third kappa shape index (κ3) is 9.36. The van der Waals surface area contributed by atoms with Gasteiger partial charge in [-0.15, -0.1) is 0 Å². The third-order valence-electron chi connectivity index (χ3n) is 11.0. The summed E-state index contributed by atoms with van der Waals surface area (Å²) in [7, 11) is 15.1. The lowest BCUT2D eigenvalue weighted by molar-refractivity contribution is 0.304. The Morgan fingerprint density at radius 1 is 0.305 bits per heavy atom. The van der Waals surface area contributed by atoms with E-state index in [0.29, 0.717) is 97.0 Å². The SMILES string of the molecule is COc1cc2c(OC)cc1Cc1cc(OC)c(cc1OC)Cc1cc(OC)c(cc1OC)Cc1cc(OC)c(cc1OCCCCN)Cc1cc(OC)c(cc1OC)C2. The molecule has 59 heavy (non-hydrogen) atoms. The molecule has 15 rings (SSSR count). The molecular formula is C48H57NO10. The van der Waals surface area contributed by atoms with Crippen molar-refractivity contribution in [3.63, 3.8) is 0 Å². The van der Waals surface area contributed by atoms with Gasteiger partial charge in [-0.2, -0.15) is 0 Å². The summed E-state index contributed by atoms with van der Waals surface area (Å²) in [5, 5.41) is 0. The largest absolute Gasteiger partial charge is 0.496 e. The van der Waals surface area contributed by atoms with Crippen LogP contribution in [0.2, 0.25) is 0 Å². The molecule has 10 bridgehead atoms. The Labute approximate surface area is 348 Å². The molecule has 11 heteroatoms. The minimum atomic E-state index is 0.493. The Kier molecular flexibility index (Phi) is 14.2. The van der Waals surface area contributed by atoms with Gasteiger partial charge in [0.25, 0.3) is 0 Å². The van der Waals surface area contributed by atoms with Crippen molar-refractivity contribution in [3.8, 4) is 57.5 Å². The first kappa shape index (κ1) is 42.7. The molecule has 0 saturated heterocycles. The minimum Gasteiger partial charge on any atom is -0.496 e. The standard InChI is InChI=1S/C48H57NO10/c1-50-39-21-31-15-33-23-44(55-6)35(25-43(33)54-5)17-37-28-48(59-13-11-10-12-49)38(27-47(37)58-9)18-36-26-45(56-7)34(24-46(36)57-8)16-32-22-41(52-3)30(20-42(32)53-4)14-29(39)19-40(31)51-2/h19-28H,10-18,49H2,1-9H3. The van der Waals surface area contributed by atoms with Gasteiger partial charge >= 0.3 is 0 Å². The van der Waals surface area contributed by atoms with Gasteiger partial charge in [-0.1, -0.05) is 0 Å². The van der Waals surface area contributed by atoms with E-state index in [0.717, 1.165) is 74.2 Å². The first-order chi connectivity index (χ1) is 28.7. The second kappa shape index (κ2) is 19.7. The van der Waals surface area contributed by atoms with Crippen LogP contribution in [0.3, 0.4) is 0 Å². The van der Waals surface area contributed by atoms with E-state index in [1.54, 1.807) is 64.0 Å². The van der Waals surface area contributed by atoms with Gasteiger partial charge in [0.2, 0.25) is 0 Å². The molecule has 5 aromatic carbocycles. The highest BCUT2D eigenvalue weighted by Crippen LogP contribution is 2.42. The normalized spacial score (nSPS) is 12.2. The van der Waals surface area contributed by atoms with Crippen LogP contribution in [0.4, 0.5) is 0 Å². The Hall–Kier alpha value is -5.94. The van der Waals surface area contributed by atoms with Crippen LogP contribution in [0.15, 0.2) is 60.7 Å². The summed E-state index contributed by atoms with van der Waals surface area (Å²) in [6.07, 6.45) is 4.16. The van der Waals surface area contributed by atoms with Crippen LogP contribution in [0.5, 0.6) is 57.5 Å². The number of benzene rings is 5. The molecule has 0 radical (unpaired) electrons. The Bertz CT molecular complexity index is 2250. The van der Waals surface area contributed by atoms with Gasteiger partial charge in [-0.3, -0.25) is 0 Å². The van der Waals surface area contributed by atoms with Gasteiger partial charge in [-0.05, 0) is 80.1 Å².